The van der Waals surface area contributed by atoms with E-state index in [4.69, 9.17) is 0 Å². The third kappa shape index (κ3) is 6.49. The summed E-state index contributed by atoms with van der Waals surface area (Å²) in [5.74, 6) is 0. The Morgan fingerprint density at radius 1 is 0.731 bits per heavy atom. The average molecular weight is 353 g/mol. The van der Waals surface area contributed by atoms with Crippen LogP contribution in [-0.4, -0.2) is 31.1 Å². The second kappa shape index (κ2) is 11.0. The Kier molecular flexibility index (Phi) is 8.70. The van der Waals surface area contributed by atoms with Gasteiger partial charge in [0.15, 0.2) is 0 Å². The Hall–Kier alpha value is -1.80. The van der Waals surface area contributed by atoms with Gasteiger partial charge >= 0.3 is 0 Å². The minimum atomic E-state index is 1.14. The van der Waals surface area contributed by atoms with E-state index < -0.39 is 0 Å². The molecule has 0 unspecified atom stereocenters. The van der Waals surface area contributed by atoms with Crippen molar-refractivity contribution in [3.05, 3.63) is 65.2 Å². The summed E-state index contributed by atoms with van der Waals surface area (Å²) in [6, 6.07) is 17.6. The Morgan fingerprint density at radius 3 is 1.92 bits per heavy atom. The molecule has 0 N–H and O–H groups in total. The van der Waals surface area contributed by atoms with E-state index in [1.54, 1.807) is 0 Å². The van der Waals surface area contributed by atoms with Crippen LogP contribution in [0.4, 0.5) is 5.69 Å². The Bertz CT molecular complexity index is 623. The predicted octanol–water partition coefficient (Wildman–Crippen LogP) is 5.82. The van der Waals surface area contributed by atoms with Gasteiger partial charge in [-0.3, -0.25) is 4.90 Å². The van der Waals surface area contributed by atoms with E-state index in [0.717, 1.165) is 6.54 Å². The van der Waals surface area contributed by atoms with Crippen LogP contribution in [0.2, 0.25) is 0 Å². The summed E-state index contributed by atoms with van der Waals surface area (Å²) in [4.78, 5) is 4.94. The lowest BCUT2D eigenvalue weighted by Gasteiger charge is -2.30. The van der Waals surface area contributed by atoms with E-state index in [0.29, 0.717) is 0 Å². The van der Waals surface area contributed by atoms with Gasteiger partial charge in [0.1, 0.15) is 0 Å². The maximum absolute atomic E-state index is 2.48. The van der Waals surface area contributed by atoms with Crippen LogP contribution in [0.1, 0.15) is 49.8 Å². The summed E-state index contributed by atoms with van der Waals surface area (Å²) in [6.07, 6.45) is 4.09. The number of anilines is 1. The van der Waals surface area contributed by atoms with E-state index >= 15 is 0 Å². The van der Waals surface area contributed by atoms with Gasteiger partial charge in [-0.25, -0.2) is 0 Å². The molecule has 0 saturated carbocycles. The van der Waals surface area contributed by atoms with Gasteiger partial charge in [0.05, 0.1) is 0 Å². The van der Waals surface area contributed by atoms with Crippen LogP contribution in [-0.2, 0) is 6.54 Å². The second-order valence-corrected chi connectivity index (χ2v) is 7.15. The maximum atomic E-state index is 2.48. The van der Waals surface area contributed by atoms with Gasteiger partial charge in [-0.15, -0.1) is 0 Å². The van der Waals surface area contributed by atoms with Gasteiger partial charge in [-0.05, 0) is 69.5 Å². The summed E-state index contributed by atoms with van der Waals surface area (Å²) in [5, 5.41) is 0. The molecule has 0 aromatic heterocycles. The van der Waals surface area contributed by atoms with E-state index in [2.05, 4.69) is 72.2 Å². The lowest BCUT2D eigenvalue weighted by molar-refractivity contribution is 0.172. The van der Waals surface area contributed by atoms with Crippen LogP contribution in [0.5, 0.6) is 0 Å². The SMILES string of the molecule is CC.Cc1ccc(CN2CCC2)cc1.Cc1cccc(N2CCCC2)c1. The number of hydrogen-bond donors (Lipinski definition) is 0. The van der Waals surface area contributed by atoms with Gasteiger partial charge in [-0.2, -0.15) is 0 Å². The van der Waals surface area contributed by atoms with Gasteiger partial charge in [-0.1, -0.05) is 55.8 Å². The molecule has 0 spiro atoms. The van der Waals surface area contributed by atoms with Crippen LogP contribution in [0.25, 0.3) is 0 Å². The van der Waals surface area contributed by atoms with Crippen molar-refractivity contribution in [1.82, 2.24) is 4.90 Å². The molecule has 2 saturated heterocycles. The first-order valence-electron chi connectivity index (χ1n) is 10.3. The molecule has 2 aromatic rings. The third-order valence-electron chi connectivity index (χ3n) is 4.95. The Balaban J connectivity index is 0.000000171. The van der Waals surface area contributed by atoms with Crippen molar-refractivity contribution in [1.29, 1.82) is 0 Å². The van der Waals surface area contributed by atoms with E-state index in [1.165, 1.54) is 67.8 Å². The zero-order chi connectivity index (χ0) is 18.8. The highest BCUT2D eigenvalue weighted by molar-refractivity contribution is 5.48. The molecule has 0 aliphatic carbocycles. The highest BCUT2D eigenvalue weighted by atomic mass is 15.2. The number of aryl methyl sites for hydroxylation is 2. The Morgan fingerprint density at radius 2 is 1.38 bits per heavy atom. The van der Waals surface area contributed by atoms with Gasteiger partial charge < -0.3 is 4.90 Å². The third-order valence-corrected chi connectivity index (χ3v) is 4.95. The number of hydrogen-bond acceptors (Lipinski definition) is 2. The van der Waals surface area contributed by atoms with E-state index in [9.17, 15) is 0 Å². The molecule has 2 heterocycles. The van der Waals surface area contributed by atoms with Gasteiger partial charge in [0.2, 0.25) is 0 Å². The number of benzene rings is 2. The number of nitrogens with zero attached hydrogens (tertiary/aromatic N) is 2. The lowest BCUT2D eigenvalue weighted by atomic mass is 10.1. The fourth-order valence-electron chi connectivity index (χ4n) is 3.29. The normalized spacial score (nSPS) is 16.1. The van der Waals surface area contributed by atoms with Crippen LogP contribution in [0.3, 0.4) is 0 Å². The average Bonchev–Trinajstić information content (AvgIpc) is 3.17. The second-order valence-electron chi connectivity index (χ2n) is 7.15. The molecule has 2 aromatic carbocycles. The molecule has 0 bridgehead atoms. The number of likely N-dealkylation sites (tertiary alicyclic amines) is 1. The summed E-state index contributed by atoms with van der Waals surface area (Å²) in [6.45, 7) is 14.5. The van der Waals surface area contributed by atoms with Crippen LogP contribution in [0.15, 0.2) is 48.5 Å². The highest BCUT2D eigenvalue weighted by Gasteiger charge is 2.13. The predicted molar refractivity (Wildman–Crippen MR) is 115 cm³/mol. The molecule has 2 aliphatic heterocycles. The minimum Gasteiger partial charge on any atom is -0.372 e. The first kappa shape index (κ1) is 20.5. The molecule has 2 aliphatic rings. The molecular weight excluding hydrogens is 316 g/mol. The molecular formula is C24H36N2. The van der Waals surface area contributed by atoms with Crippen molar-refractivity contribution in [3.8, 4) is 0 Å². The maximum Gasteiger partial charge on any atom is 0.0368 e. The highest BCUT2D eigenvalue weighted by Crippen LogP contribution is 2.20. The van der Waals surface area contributed by atoms with Crippen molar-refractivity contribution in [2.24, 2.45) is 0 Å². The first-order valence-corrected chi connectivity index (χ1v) is 10.3. The lowest BCUT2D eigenvalue weighted by Crippen LogP contribution is -2.36. The summed E-state index contributed by atoms with van der Waals surface area (Å²) < 4.78 is 0. The summed E-state index contributed by atoms with van der Waals surface area (Å²) in [7, 11) is 0. The smallest absolute Gasteiger partial charge is 0.0368 e. The van der Waals surface area contributed by atoms with E-state index in [-0.39, 0.29) is 0 Å². The summed E-state index contributed by atoms with van der Waals surface area (Å²) >= 11 is 0. The fourth-order valence-corrected chi connectivity index (χ4v) is 3.29. The fraction of sp³-hybridized carbons (Fsp3) is 0.500. The molecule has 4 rings (SSSR count). The molecule has 0 amide bonds. The van der Waals surface area contributed by atoms with Crippen molar-refractivity contribution in [2.75, 3.05) is 31.1 Å². The van der Waals surface area contributed by atoms with Gasteiger partial charge in [0, 0.05) is 25.3 Å². The van der Waals surface area contributed by atoms with Crippen LogP contribution in [0, 0.1) is 13.8 Å². The monoisotopic (exact) mass is 352 g/mol. The molecule has 2 heteroatoms. The topological polar surface area (TPSA) is 6.48 Å². The van der Waals surface area contributed by atoms with Crippen molar-refractivity contribution in [2.45, 2.75) is 53.5 Å². The van der Waals surface area contributed by atoms with Crippen molar-refractivity contribution < 1.29 is 0 Å². The molecule has 142 valence electrons. The first-order chi connectivity index (χ1) is 12.7. The molecule has 0 atom stereocenters. The molecule has 2 fully saturated rings. The standard InChI is InChI=1S/2C11H15N.C2H6/c1-10-3-5-11(6-4-10)9-12-7-2-8-12;1-10-5-4-6-11(9-10)12-7-2-3-8-12;1-2/h3-6H,2,7-9H2,1H3;4-6,9H,2-3,7-8H2,1H3;1-2H3. The summed E-state index contributed by atoms with van der Waals surface area (Å²) in [5.41, 5.74) is 5.55. The van der Waals surface area contributed by atoms with Gasteiger partial charge in [0.25, 0.3) is 0 Å². The minimum absolute atomic E-state index is 1.14. The van der Waals surface area contributed by atoms with Crippen LogP contribution < -0.4 is 4.90 Å². The zero-order valence-corrected chi connectivity index (χ0v) is 17.2. The van der Waals surface area contributed by atoms with Crippen molar-refractivity contribution >= 4 is 5.69 Å². The largest absolute Gasteiger partial charge is 0.372 e. The Labute approximate surface area is 160 Å². The van der Waals surface area contributed by atoms with E-state index in [1.807, 2.05) is 13.8 Å². The zero-order valence-electron chi connectivity index (χ0n) is 17.2. The van der Waals surface area contributed by atoms with Crippen LogP contribution >= 0.6 is 0 Å². The molecule has 26 heavy (non-hydrogen) atoms. The number of rotatable bonds is 3. The quantitative estimate of drug-likeness (QED) is 0.686. The van der Waals surface area contributed by atoms with Crippen molar-refractivity contribution in [3.63, 3.8) is 0 Å². The molecule has 2 nitrogen and oxygen atoms in total. The molecule has 0 radical (unpaired) electrons.